The second kappa shape index (κ2) is 4.99. The van der Waals surface area contributed by atoms with Gasteiger partial charge in [0.15, 0.2) is 0 Å². The van der Waals surface area contributed by atoms with E-state index in [2.05, 4.69) is 59.4 Å². The minimum Gasteiger partial charge on any atom is -0.346 e. The molecule has 1 heterocycles. The molecule has 0 saturated carbocycles. The third-order valence-corrected chi connectivity index (χ3v) is 2.72. The SMILES string of the molecule is CNCc1cccn1Cc1cccc(C)c1. The van der Waals surface area contributed by atoms with Gasteiger partial charge in [0, 0.05) is 25.0 Å². The molecule has 0 radical (unpaired) electrons. The third-order valence-electron chi connectivity index (χ3n) is 2.72. The molecule has 0 saturated heterocycles. The summed E-state index contributed by atoms with van der Waals surface area (Å²) in [6.45, 7) is 4.00. The van der Waals surface area contributed by atoms with Crippen molar-refractivity contribution < 1.29 is 0 Å². The molecule has 0 unspecified atom stereocenters. The summed E-state index contributed by atoms with van der Waals surface area (Å²) >= 11 is 0. The van der Waals surface area contributed by atoms with Crippen molar-refractivity contribution >= 4 is 0 Å². The van der Waals surface area contributed by atoms with Crippen molar-refractivity contribution in [3.05, 3.63) is 59.4 Å². The number of benzene rings is 1. The molecule has 0 spiro atoms. The number of aryl methyl sites for hydroxylation is 1. The average Bonchev–Trinajstić information content (AvgIpc) is 2.66. The highest BCUT2D eigenvalue weighted by molar-refractivity contribution is 5.23. The molecule has 0 fully saturated rings. The lowest BCUT2D eigenvalue weighted by Crippen LogP contribution is -2.11. The number of nitrogens with one attached hydrogen (secondary N) is 1. The smallest absolute Gasteiger partial charge is 0.0473 e. The van der Waals surface area contributed by atoms with Gasteiger partial charge in [-0.3, -0.25) is 0 Å². The fourth-order valence-corrected chi connectivity index (χ4v) is 1.95. The summed E-state index contributed by atoms with van der Waals surface area (Å²) in [5.74, 6) is 0. The number of aromatic nitrogens is 1. The van der Waals surface area contributed by atoms with Gasteiger partial charge >= 0.3 is 0 Å². The van der Waals surface area contributed by atoms with E-state index < -0.39 is 0 Å². The molecule has 0 aliphatic rings. The van der Waals surface area contributed by atoms with Gasteiger partial charge in [-0.1, -0.05) is 29.8 Å². The number of hydrogen-bond donors (Lipinski definition) is 1. The first-order valence-electron chi connectivity index (χ1n) is 5.64. The predicted molar refractivity (Wildman–Crippen MR) is 67.5 cm³/mol. The van der Waals surface area contributed by atoms with Crippen LogP contribution in [0.2, 0.25) is 0 Å². The molecular weight excluding hydrogens is 196 g/mol. The van der Waals surface area contributed by atoms with Gasteiger partial charge in [-0.25, -0.2) is 0 Å². The highest BCUT2D eigenvalue weighted by atomic mass is 15.0. The summed E-state index contributed by atoms with van der Waals surface area (Å²) in [7, 11) is 1.98. The van der Waals surface area contributed by atoms with Gasteiger partial charge in [-0.15, -0.1) is 0 Å². The molecule has 0 aliphatic heterocycles. The van der Waals surface area contributed by atoms with Crippen molar-refractivity contribution in [2.24, 2.45) is 0 Å². The summed E-state index contributed by atoms with van der Waals surface area (Å²) in [5.41, 5.74) is 4.00. The molecule has 16 heavy (non-hydrogen) atoms. The maximum Gasteiger partial charge on any atom is 0.0473 e. The Hall–Kier alpha value is -1.54. The largest absolute Gasteiger partial charge is 0.346 e. The van der Waals surface area contributed by atoms with Crippen molar-refractivity contribution in [3.63, 3.8) is 0 Å². The molecule has 2 aromatic rings. The van der Waals surface area contributed by atoms with Gasteiger partial charge in [0.2, 0.25) is 0 Å². The van der Waals surface area contributed by atoms with Gasteiger partial charge < -0.3 is 9.88 Å². The Morgan fingerprint density at radius 2 is 2.06 bits per heavy atom. The topological polar surface area (TPSA) is 17.0 Å². The minimum absolute atomic E-state index is 0.915. The lowest BCUT2D eigenvalue weighted by molar-refractivity contribution is 0.694. The van der Waals surface area contributed by atoms with E-state index in [1.807, 2.05) is 7.05 Å². The van der Waals surface area contributed by atoms with Crippen LogP contribution in [0, 0.1) is 6.92 Å². The summed E-state index contributed by atoms with van der Waals surface area (Å²) < 4.78 is 2.28. The highest BCUT2D eigenvalue weighted by Gasteiger charge is 2.00. The van der Waals surface area contributed by atoms with Crippen LogP contribution in [0.5, 0.6) is 0 Å². The van der Waals surface area contributed by atoms with Crippen LogP contribution in [-0.4, -0.2) is 11.6 Å². The first-order chi connectivity index (χ1) is 7.79. The van der Waals surface area contributed by atoms with Crippen molar-refractivity contribution in [1.82, 2.24) is 9.88 Å². The number of rotatable bonds is 4. The van der Waals surface area contributed by atoms with Crippen LogP contribution in [0.4, 0.5) is 0 Å². The first-order valence-corrected chi connectivity index (χ1v) is 5.64. The molecule has 2 nitrogen and oxygen atoms in total. The van der Waals surface area contributed by atoms with E-state index >= 15 is 0 Å². The third kappa shape index (κ3) is 2.52. The van der Waals surface area contributed by atoms with E-state index in [0.29, 0.717) is 0 Å². The minimum atomic E-state index is 0.915. The molecule has 1 aromatic heterocycles. The second-order valence-electron chi connectivity index (χ2n) is 4.15. The predicted octanol–water partition coefficient (Wildman–Crippen LogP) is 2.56. The van der Waals surface area contributed by atoms with Crippen LogP contribution in [0.15, 0.2) is 42.6 Å². The fourth-order valence-electron chi connectivity index (χ4n) is 1.95. The van der Waals surface area contributed by atoms with Crippen molar-refractivity contribution in [3.8, 4) is 0 Å². The first kappa shape index (κ1) is 11.0. The molecule has 0 atom stereocenters. The number of nitrogens with zero attached hydrogens (tertiary/aromatic N) is 1. The second-order valence-corrected chi connectivity index (χ2v) is 4.15. The van der Waals surface area contributed by atoms with Crippen molar-refractivity contribution in [2.45, 2.75) is 20.0 Å². The van der Waals surface area contributed by atoms with Gasteiger partial charge in [0.1, 0.15) is 0 Å². The number of hydrogen-bond acceptors (Lipinski definition) is 1. The normalized spacial score (nSPS) is 10.6. The fraction of sp³-hybridized carbons (Fsp3) is 0.286. The molecule has 2 heteroatoms. The van der Waals surface area contributed by atoms with E-state index in [-0.39, 0.29) is 0 Å². The Balaban J connectivity index is 2.17. The summed E-state index contributed by atoms with van der Waals surface area (Å²) in [4.78, 5) is 0. The van der Waals surface area contributed by atoms with Crippen LogP contribution in [0.25, 0.3) is 0 Å². The van der Waals surface area contributed by atoms with Crippen LogP contribution in [0.1, 0.15) is 16.8 Å². The molecular formula is C14H18N2. The maximum absolute atomic E-state index is 3.19. The quantitative estimate of drug-likeness (QED) is 0.827. The van der Waals surface area contributed by atoms with E-state index in [0.717, 1.165) is 13.1 Å². The lowest BCUT2D eigenvalue weighted by Gasteiger charge is -2.09. The molecule has 2 rings (SSSR count). The Bertz CT molecular complexity index is 457. The van der Waals surface area contributed by atoms with Crippen LogP contribution in [-0.2, 0) is 13.1 Å². The monoisotopic (exact) mass is 214 g/mol. The molecule has 1 N–H and O–H groups in total. The van der Waals surface area contributed by atoms with Gasteiger partial charge in [0.05, 0.1) is 0 Å². The molecule has 0 bridgehead atoms. The van der Waals surface area contributed by atoms with E-state index in [1.54, 1.807) is 0 Å². The standard InChI is InChI=1S/C14H18N2/c1-12-5-3-6-13(9-12)11-16-8-4-7-14(16)10-15-2/h3-9,15H,10-11H2,1-2H3. The molecule has 0 aliphatic carbocycles. The van der Waals surface area contributed by atoms with E-state index in [9.17, 15) is 0 Å². The summed E-state index contributed by atoms with van der Waals surface area (Å²) in [6.07, 6.45) is 2.13. The van der Waals surface area contributed by atoms with Gasteiger partial charge in [0.25, 0.3) is 0 Å². The van der Waals surface area contributed by atoms with Crippen LogP contribution < -0.4 is 5.32 Å². The Morgan fingerprint density at radius 1 is 1.19 bits per heavy atom. The zero-order chi connectivity index (χ0) is 11.4. The van der Waals surface area contributed by atoms with Crippen LogP contribution >= 0.6 is 0 Å². The molecule has 0 amide bonds. The maximum atomic E-state index is 3.19. The van der Waals surface area contributed by atoms with Crippen molar-refractivity contribution in [1.29, 1.82) is 0 Å². The summed E-state index contributed by atoms with van der Waals surface area (Å²) in [5, 5.41) is 3.19. The Labute approximate surface area is 96.9 Å². The van der Waals surface area contributed by atoms with E-state index in [4.69, 9.17) is 0 Å². The van der Waals surface area contributed by atoms with Gasteiger partial charge in [-0.05, 0) is 31.7 Å². The molecule has 84 valence electrons. The van der Waals surface area contributed by atoms with Crippen LogP contribution in [0.3, 0.4) is 0 Å². The average molecular weight is 214 g/mol. The lowest BCUT2D eigenvalue weighted by atomic mass is 10.1. The Morgan fingerprint density at radius 3 is 2.81 bits per heavy atom. The highest BCUT2D eigenvalue weighted by Crippen LogP contribution is 2.09. The Kier molecular flexibility index (Phi) is 3.42. The molecule has 1 aromatic carbocycles. The zero-order valence-electron chi connectivity index (χ0n) is 9.90. The van der Waals surface area contributed by atoms with Crippen molar-refractivity contribution in [2.75, 3.05) is 7.05 Å². The zero-order valence-corrected chi connectivity index (χ0v) is 9.90. The van der Waals surface area contributed by atoms with Gasteiger partial charge in [-0.2, -0.15) is 0 Å². The van der Waals surface area contributed by atoms with E-state index in [1.165, 1.54) is 16.8 Å². The summed E-state index contributed by atoms with van der Waals surface area (Å²) in [6, 6.07) is 12.9.